The Morgan fingerprint density at radius 2 is 1.81 bits per heavy atom. The molecule has 0 fully saturated rings. The third kappa shape index (κ3) is 3.43. The molecule has 7 heteroatoms. The van der Waals surface area contributed by atoms with E-state index in [1.165, 1.54) is 7.11 Å². The number of hydroxylamine groups is 1. The highest BCUT2D eigenvalue weighted by molar-refractivity contribution is 5.69. The van der Waals surface area contributed by atoms with Gasteiger partial charge in [-0.05, 0) is 24.3 Å². The maximum Gasteiger partial charge on any atom is 0.436 e. The number of carbonyl (C=O) groups is 1. The van der Waals surface area contributed by atoms with Gasteiger partial charge in [0, 0.05) is 0 Å². The fourth-order valence-electron chi connectivity index (χ4n) is 0.923. The summed E-state index contributed by atoms with van der Waals surface area (Å²) in [5, 5.41) is 0. The number of hydrogen-bond acceptors (Lipinski definition) is 3. The van der Waals surface area contributed by atoms with Crippen LogP contribution in [0.2, 0.25) is 0 Å². The van der Waals surface area contributed by atoms with Gasteiger partial charge in [-0.2, -0.15) is 18.7 Å². The third-order valence-electron chi connectivity index (χ3n) is 1.58. The van der Waals surface area contributed by atoms with Crippen molar-refractivity contribution in [1.82, 2.24) is 5.48 Å². The Morgan fingerprint density at radius 3 is 2.25 bits per heavy atom. The van der Waals surface area contributed by atoms with Gasteiger partial charge in [0.1, 0.15) is 5.75 Å². The van der Waals surface area contributed by atoms with Crippen molar-refractivity contribution in [2.75, 3.05) is 7.11 Å². The van der Waals surface area contributed by atoms with Gasteiger partial charge in [-0.25, -0.2) is 4.79 Å². The first-order valence-corrected chi connectivity index (χ1v) is 4.11. The summed E-state index contributed by atoms with van der Waals surface area (Å²) in [7, 11) is 1.20. The molecular weight excluding hydrogens is 227 g/mol. The largest absolute Gasteiger partial charge is 0.436 e. The smallest absolute Gasteiger partial charge is 0.409 e. The molecule has 0 aliphatic carbocycles. The molecule has 88 valence electrons. The van der Waals surface area contributed by atoms with Crippen LogP contribution in [-0.4, -0.2) is 13.2 Å². The van der Waals surface area contributed by atoms with E-state index in [1.54, 1.807) is 0 Å². The Balaban J connectivity index is 2.69. The van der Waals surface area contributed by atoms with Crippen molar-refractivity contribution in [1.29, 1.82) is 0 Å². The van der Waals surface area contributed by atoms with Crippen molar-refractivity contribution in [2.45, 2.75) is 6.18 Å². The lowest BCUT2D eigenvalue weighted by Gasteiger charge is -2.07. The van der Waals surface area contributed by atoms with Gasteiger partial charge >= 0.3 is 12.3 Å². The quantitative estimate of drug-likeness (QED) is 0.800. The maximum atomic E-state index is 12.2. The number of ether oxygens (including phenoxy) is 1. The van der Waals surface area contributed by atoms with Crippen LogP contribution in [0.15, 0.2) is 24.3 Å². The molecule has 1 N–H and O–H groups in total. The second kappa shape index (κ2) is 4.84. The molecule has 0 spiro atoms. The minimum atomic E-state index is -4.41. The number of hydrogen-bond donors (Lipinski definition) is 1. The van der Waals surface area contributed by atoms with E-state index in [0.717, 1.165) is 24.3 Å². The SMILES string of the molecule is CONC(=O)Oc1ccc(C(F)(F)F)cc1. The van der Waals surface area contributed by atoms with Crippen LogP contribution in [0.5, 0.6) is 5.75 Å². The fourth-order valence-corrected chi connectivity index (χ4v) is 0.923. The van der Waals surface area contributed by atoms with Gasteiger partial charge in [0.2, 0.25) is 0 Å². The minimum absolute atomic E-state index is 0.0115. The lowest BCUT2D eigenvalue weighted by Crippen LogP contribution is -2.25. The molecule has 0 unspecified atom stereocenters. The molecule has 0 aliphatic heterocycles. The van der Waals surface area contributed by atoms with Crippen molar-refractivity contribution in [2.24, 2.45) is 0 Å². The van der Waals surface area contributed by atoms with E-state index < -0.39 is 17.8 Å². The average Bonchev–Trinajstić information content (AvgIpc) is 2.17. The Hall–Kier alpha value is -1.76. The molecular formula is C9H8F3NO3. The predicted molar refractivity (Wildman–Crippen MR) is 47.6 cm³/mol. The molecule has 0 bridgehead atoms. The number of benzene rings is 1. The van der Waals surface area contributed by atoms with Crippen LogP contribution in [0.1, 0.15) is 5.56 Å². The van der Waals surface area contributed by atoms with Gasteiger partial charge in [0.25, 0.3) is 0 Å². The Bertz CT molecular complexity index is 361. The first-order chi connectivity index (χ1) is 7.43. The number of nitrogens with one attached hydrogen (secondary N) is 1. The van der Waals surface area contributed by atoms with Crippen molar-refractivity contribution in [3.8, 4) is 5.75 Å². The van der Waals surface area contributed by atoms with Crippen LogP contribution < -0.4 is 10.2 Å². The number of alkyl halides is 3. The van der Waals surface area contributed by atoms with Crippen molar-refractivity contribution < 1.29 is 27.5 Å². The lowest BCUT2D eigenvalue weighted by molar-refractivity contribution is -0.137. The molecule has 1 aromatic carbocycles. The van der Waals surface area contributed by atoms with Crippen molar-refractivity contribution in [3.63, 3.8) is 0 Å². The highest BCUT2D eigenvalue weighted by Gasteiger charge is 2.30. The zero-order valence-electron chi connectivity index (χ0n) is 8.17. The van der Waals surface area contributed by atoms with Crippen LogP contribution in [0.3, 0.4) is 0 Å². The van der Waals surface area contributed by atoms with Crippen LogP contribution in [0, 0.1) is 0 Å². The molecule has 0 atom stereocenters. The molecule has 1 aromatic rings. The number of amides is 1. The van der Waals surface area contributed by atoms with Gasteiger partial charge in [-0.1, -0.05) is 0 Å². The number of carbonyl (C=O) groups excluding carboxylic acids is 1. The van der Waals surface area contributed by atoms with E-state index in [-0.39, 0.29) is 5.75 Å². The fraction of sp³-hybridized carbons (Fsp3) is 0.222. The zero-order chi connectivity index (χ0) is 12.2. The Kier molecular flexibility index (Phi) is 3.73. The van der Waals surface area contributed by atoms with Crippen LogP contribution in [-0.2, 0) is 11.0 Å². The predicted octanol–water partition coefficient (Wildman–Crippen LogP) is 2.36. The molecule has 4 nitrogen and oxygen atoms in total. The van der Waals surface area contributed by atoms with E-state index in [1.807, 2.05) is 5.48 Å². The van der Waals surface area contributed by atoms with E-state index in [0.29, 0.717) is 0 Å². The molecule has 0 saturated carbocycles. The first-order valence-electron chi connectivity index (χ1n) is 4.11. The van der Waals surface area contributed by atoms with E-state index in [4.69, 9.17) is 0 Å². The summed E-state index contributed by atoms with van der Waals surface area (Å²) in [5.74, 6) is -0.0115. The summed E-state index contributed by atoms with van der Waals surface area (Å²) in [6, 6.07) is 3.71. The molecule has 0 saturated heterocycles. The molecule has 0 aromatic heterocycles. The maximum absolute atomic E-state index is 12.2. The molecule has 1 rings (SSSR count). The van der Waals surface area contributed by atoms with Crippen LogP contribution in [0.4, 0.5) is 18.0 Å². The second-order valence-corrected chi connectivity index (χ2v) is 2.72. The van der Waals surface area contributed by atoms with Gasteiger partial charge in [0.15, 0.2) is 0 Å². The Morgan fingerprint density at radius 1 is 1.25 bits per heavy atom. The van der Waals surface area contributed by atoms with Gasteiger partial charge in [0.05, 0.1) is 12.7 Å². The van der Waals surface area contributed by atoms with Crippen LogP contribution >= 0.6 is 0 Å². The average molecular weight is 235 g/mol. The molecule has 0 aliphatic rings. The summed E-state index contributed by atoms with van der Waals surface area (Å²) < 4.78 is 41.1. The molecule has 0 radical (unpaired) electrons. The summed E-state index contributed by atoms with van der Waals surface area (Å²) in [6.45, 7) is 0. The highest BCUT2D eigenvalue weighted by atomic mass is 19.4. The number of rotatable bonds is 2. The van der Waals surface area contributed by atoms with E-state index in [2.05, 4.69) is 9.57 Å². The number of halogens is 3. The van der Waals surface area contributed by atoms with Crippen molar-refractivity contribution in [3.05, 3.63) is 29.8 Å². The molecule has 16 heavy (non-hydrogen) atoms. The molecule has 0 heterocycles. The van der Waals surface area contributed by atoms with Gasteiger partial charge in [-0.3, -0.25) is 4.84 Å². The van der Waals surface area contributed by atoms with Gasteiger partial charge in [-0.15, -0.1) is 0 Å². The highest BCUT2D eigenvalue weighted by Crippen LogP contribution is 2.30. The first kappa shape index (κ1) is 12.3. The minimum Gasteiger partial charge on any atom is -0.409 e. The normalized spacial score (nSPS) is 11.0. The summed E-state index contributed by atoms with van der Waals surface area (Å²) in [6.07, 6.45) is -5.32. The second-order valence-electron chi connectivity index (χ2n) is 2.72. The topological polar surface area (TPSA) is 47.6 Å². The summed E-state index contributed by atoms with van der Waals surface area (Å²) in [5.41, 5.74) is 1.04. The van der Waals surface area contributed by atoms with Crippen LogP contribution in [0.25, 0.3) is 0 Å². The summed E-state index contributed by atoms with van der Waals surface area (Å²) in [4.78, 5) is 15.1. The lowest BCUT2D eigenvalue weighted by atomic mass is 10.2. The monoisotopic (exact) mass is 235 g/mol. The van der Waals surface area contributed by atoms with Crippen molar-refractivity contribution >= 4 is 6.09 Å². The Labute approximate surface area is 88.9 Å². The third-order valence-corrected chi connectivity index (χ3v) is 1.58. The van der Waals surface area contributed by atoms with E-state index >= 15 is 0 Å². The zero-order valence-corrected chi connectivity index (χ0v) is 8.17. The van der Waals surface area contributed by atoms with Gasteiger partial charge < -0.3 is 4.74 Å². The standard InChI is InChI=1S/C9H8F3NO3/c1-15-13-8(14)16-7-4-2-6(3-5-7)9(10,11)12/h2-5H,1H3,(H,13,14). The van der Waals surface area contributed by atoms with E-state index in [9.17, 15) is 18.0 Å². The summed E-state index contributed by atoms with van der Waals surface area (Å²) >= 11 is 0. The molecule has 1 amide bonds.